The lowest BCUT2D eigenvalue weighted by Gasteiger charge is -2.35. The van der Waals surface area contributed by atoms with E-state index in [0.717, 1.165) is 36.6 Å². The van der Waals surface area contributed by atoms with Gasteiger partial charge in [0.1, 0.15) is 0 Å². The first kappa shape index (κ1) is 17.4. The summed E-state index contributed by atoms with van der Waals surface area (Å²) in [6.45, 7) is 6.38. The highest BCUT2D eigenvalue weighted by Crippen LogP contribution is 2.25. The quantitative estimate of drug-likeness (QED) is 0.775. The molecule has 140 valence electrons. The zero-order valence-electron chi connectivity index (χ0n) is 15.6. The van der Waals surface area contributed by atoms with E-state index in [1.807, 2.05) is 24.0 Å². The molecule has 0 bridgehead atoms. The third-order valence-corrected chi connectivity index (χ3v) is 5.00. The van der Waals surface area contributed by atoms with Crippen LogP contribution in [-0.2, 0) is 6.54 Å². The van der Waals surface area contributed by atoms with E-state index in [0.29, 0.717) is 19.6 Å². The first-order valence-corrected chi connectivity index (χ1v) is 9.53. The van der Waals surface area contributed by atoms with Crippen molar-refractivity contribution in [3.8, 4) is 0 Å². The van der Waals surface area contributed by atoms with Crippen molar-refractivity contribution in [2.45, 2.75) is 13.5 Å². The normalized spacial score (nSPS) is 14.6. The van der Waals surface area contributed by atoms with E-state index < -0.39 is 0 Å². The van der Waals surface area contributed by atoms with Crippen molar-refractivity contribution in [1.29, 1.82) is 0 Å². The van der Waals surface area contributed by atoms with Gasteiger partial charge in [-0.2, -0.15) is 0 Å². The molecule has 2 amide bonds. The van der Waals surface area contributed by atoms with Gasteiger partial charge >= 0.3 is 6.03 Å². The van der Waals surface area contributed by atoms with Crippen molar-refractivity contribution in [3.05, 3.63) is 60.2 Å². The van der Waals surface area contributed by atoms with Gasteiger partial charge in [0.05, 0.1) is 17.6 Å². The fourth-order valence-corrected chi connectivity index (χ4v) is 3.60. The van der Waals surface area contributed by atoms with Crippen LogP contribution in [0, 0.1) is 0 Å². The number of carbonyl (C=O) groups is 1. The third-order valence-electron chi connectivity index (χ3n) is 5.00. The molecule has 1 aliphatic rings. The Hall–Kier alpha value is -3.02. The topological polar surface area (TPSA) is 53.4 Å². The van der Waals surface area contributed by atoms with Gasteiger partial charge in [-0.1, -0.05) is 42.5 Å². The first-order chi connectivity index (χ1) is 13.3. The van der Waals surface area contributed by atoms with Crippen LogP contribution in [0.5, 0.6) is 0 Å². The summed E-state index contributed by atoms with van der Waals surface area (Å²) in [6, 6.07) is 18.8. The minimum Gasteiger partial charge on any atom is -0.339 e. The van der Waals surface area contributed by atoms with E-state index in [2.05, 4.69) is 57.2 Å². The molecule has 27 heavy (non-hydrogen) atoms. The molecule has 1 aliphatic heterocycles. The maximum atomic E-state index is 12.1. The van der Waals surface area contributed by atoms with Crippen LogP contribution in [0.15, 0.2) is 54.6 Å². The largest absolute Gasteiger partial charge is 0.339 e. The van der Waals surface area contributed by atoms with Crippen LogP contribution in [0.25, 0.3) is 11.0 Å². The van der Waals surface area contributed by atoms with Gasteiger partial charge in [-0.05, 0) is 24.6 Å². The van der Waals surface area contributed by atoms with Crippen molar-refractivity contribution in [3.63, 3.8) is 0 Å². The lowest BCUT2D eigenvalue weighted by atomic mass is 10.2. The second kappa shape index (κ2) is 7.70. The Bertz CT molecular complexity index is 913. The second-order valence-electron chi connectivity index (χ2n) is 6.78. The second-order valence-corrected chi connectivity index (χ2v) is 6.78. The van der Waals surface area contributed by atoms with E-state index >= 15 is 0 Å². The number of piperazine rings is 1. The van der Waals surface area contributed by atoms with Crippen LogP contribution in [0.2, 0.25) is 0 Å². The van der Waals surface area contributed by atoms with E-state index in [4.69, 9.17) is 4.98 Å². The summed E-state index contributed by atoms with van der Waals surface area (Å²) in [4.78, 5) is 21.1. The summed E-state index contributed by atoms with van der Waals surface area (Å²) in [5, 5.41) is 2.88. The summed E-state index contributed by atoms with van der Waals surface area (Å²) >= 11 is 0. The van der Waals surface area contributed by atoms with Crippen LogP contribution < -0.4 is 10.2 Å². The van der Waals surface area contributed by atoms with Crippen LogP contribution >= 0.6 is 0 Å². The number of urea groups is 1. The van der Waals surface area contributed by atoms with E-state index in [1.165, 1.54) is 5.56 Å². The number of amides is 2. The summed E-state index contributed by atoms with van der Waals surface area (Å²) in [7, 11) is 0. The van der Waals surface area contributed by atoms with Crippen LogP contribution in [0.1, 0.15) is 12.5 Å². The molecule has 0 radical (unpaired) electrons. The predicted molar refractivity (Wildman–Crippen MR) is 108 cm³/mol. The zero-order chi connectivity index (χ0) is 18.6. The standard InChI is InChI=1S/C21H25N5O/c1-2-22-21(27)25-14-12-24(13-15-25)20-23-18-10-6-7-11-19(18)26(20)16-17-8-4-3-5-9-17/h3-11H,2,12-16H2,1H3,(H,22,27). The van der Waals surface area contributed by atoms with Crippen molar-refractivity contribution >= 4 is 23.0 Å². The molecule has 2 heterocycles. The number of nitrogens with one attached hydrogen (secondary N) is 1. The fraction of sp³-hybridized carbons (Fsp3) is 0.333. The van der Waals surface area contributed by atoms with Crippen LogP contribution in [-0.4, -0.2) is 53.2 Å². The third kappa shape index (κ3) is 3.60. The zero-order valence-corrected chi connectivity index (χ0v) is 15.6. The Morgan fingerprint density at radius 1 is 1.00 bits per heavy atom. The van der Waals surface area contributed by atoms with Gasteiger partial charge in [0.2, 0.25) is 5.95 Å². The highest BCUT2D eigenvalue weighted by molar-refractivity contribution is 5.79. The Morgan fingerprint density at radius 3 is 2.44 bits per heavy atom. The number of imidazole rings is 1. The molecule has 0 unspecified atom stereocenters. The number of hydrogen-bond acceptors (Lipinski definition) is 3. The molecule has 1 N–H and O–H groups in total. The minimum absolute atomic E-state index is 0.0231. The van der Waals surface area contributed by atoms with Gasteiger partial charge in [0, 0.05) is 32.7 Å². The maximum Gasteiger partial charge on any atom is 0.317 e. The Kier molecular flexibility index (Phi) is 4.96. The summed E-state index contributed by atoms with van der Waals surface area (Å²) in [5.41, 5.74) is 3.40. The Balaban J connectivity index is 1.60. The SMILES string of the molecule is CCNC(=O)N1CCN(c2nc3ccccc3n2Cc2ccccc2)CC1. The summed E-state index contributed by atoms with van der Waals surface area (Å²) in [5.74, 6) is 0.982. The summed E-state index contributed by atoms with van der Waals surface area (Å²) in [6.07, 6.45) is 0. The van der Waals surface area contributed by atoms with Crippen molar-refractivity contribution in [2.75, 3.05) is 37.6 Å². The number of benzene rings is 2. The van der Waals surface area contributed by atoms with Crippen molar-refractivity contribution in [2.24, 2.45) is 0 Å². The van der Waals surface area contributed by atoms with Gasteiger partial charge in [0.25, 0.3) is 0 Å². The number of rotatable bonds is 4. The number of carbonyl (C=O) groups excluding carboxylic acids is 1. The molecule has 4 rings (SSSR count). The van der Waals surface area contributed by atoms with E-state index in [9.17, 15) is 4.79 Å². The molecular weight excluding hydrogens is 338 g/mol. The van der Waals surface area contributed by atoms with Gasteiger partial charge < -0.3 is 19.7 Å². The molecule has 3 aromatic rings. The number of aromatic nitrogens is 2. The molecule has 0 aliphatic carbocycles. The molecule has 0 spiro atoms. The minimum atomic E-state index is 0.0231. The van der Waals surface area contributed by atoms with Crippen LogP contribution in [0.4, 0.5) is 10.7 Å². The first-order valence-electron chi connectivity index (χ1n) is 9.53. The molecule has 6 heteroatoms. The molecule has 1 saturated heterocycles. The smallest absolute Gasteiger partial charge is 0.317 e. The Labute approximate surface area is 159 Å². The number of para-hydroxylation sites is 2. The molecule has 1 fully saturated rings. The molecule has 1 aromatic heterocycles. The average molecular weight is 363 g/mol. The number of anilines is 1. The van der Waals surface area contributed by atoms with Gasteiger partial charge in [-0.3, -0.25) is 0 Å². The highest BCUT2D eigenvalue weighted by atomic mass is 16.2. The van der Waals surface area contributed by atoms with Gasteiger partial charge in [-0.25, -0.2) is 9.78 Å². The number of fused-ring (bicyclic) bond motifs is 1. The molecule has 6 nitrogen and oxygen atoms in total. The average Bonchev–Trinajstić information content (AvgIpc) is 3.08. The molecule has 2 aromatic carbocycles. The molecule has 0 atom stereocenters. The Morgan fingerprint density at radius 2 is 1.70 bits per heavy atom. The number of nitrogens with zero attached hydrogens (tertiary/aromatic N) is 4. The van der Waals surface area contributed by atoms with E-state index in [-0.39, 0.29) is 6.03 Å². The molecular formula is C21H25N5O. The van der Waals surface area contributed by atoms with E-state index in [1.54, 1.807) is 0 Å². The van der Waals surface area contributed by atoms with Crippen molar-refractivity contribution in [1.82, 2.24) is 19.8 Å². The lowest BCUT2D eigenvalue weighted by Crippen LogP contribution is -2.52. The molecule has 0 saturated carbocycles. The lowest BCUT2D eigenvalue weighted by molar-refractivity contribution is 0.194. The van der Waals surface area contributed by atoms with Crippen molar-refractivity contribution < 1.29 is 4.79 Å². The van der Waals surface area contributed by atoms with Gasteiger partial charge in [-0.15, -0.1) is 0 Å². The fourth-order valence-electron chi connectivity index (χ4n) is 3.60. The highest BCUT2D eigenvalue weighted by Gasteiger charge is 2.24. The monoisotopic (exact) mass is 363 g/mol. The summed E-state index contributed by atoms with van der Waals surface area (Å²) < 4.78 is 2.28. The van der Waals surface area contributed by atoms with Crippen LogP contribution in [0.3, 0.4) is 0 Å². The predicted octanol–water partition coefficient (Wildman–Crippen LogP) is 2.94. The maximum absolute atomic E-state index is 12.1. The number of hydrogen-bond donors (Lipinski definition) is 1. The van der Waals surface area contributed by atoms with Gasteiger partial charge in [0.15, 0.2) is 0 Å².